The van der Waals surface area contributed by atoms with Crippen LogP contribution < -0.4 is 11.1 Å². The van der Waals surface area contributed by atoms with Gasteiger partial charge in [0, 0.05) is 12.6 Å². The summed E-state index contributed by atoms with van der Waals surface area (Å²) in [6.07, 6.45) is -2.16. The van der Waals surface area contributed by atoms with Gasteiger partial charge in [-0.2, -0.15) is 8.78 Å². The summed E-state index contributed by atoms with van der Waals surface area (Å²) in [4.78, 5) is 11.0. The van der Waals surface area contributed by atoms with E-state index in [4.69, 9.17) is 5.73 Å². The second kappa shape index (κ2) is 5.37. The maximum absolute atomic E-state index is 13.3. The van der Waals surface area contributed by atoms with E-state index in [2.05, 4.69) is 0 Å². The minimum Gasteiger partial charge on any atom is -0.385 e. The van der Waals surface area contributed by atoms with Crippen LogP contribution in [0, 0.1) is 5.92 Å². The average molecular weight is 224 g/mol. The van der Waals surface area contributed by atoms with Crippen molar-refractivity contribution in [3.63, 3.8) is 0 Å². The van der Waals surface area contributed by atoms with Crippen LogP contribution in [0.15, 0.2) is 0 Å². The molecule has 0 spiro atoms. The van der Waals surface area contributed by atoms with Crippen LogP contribution >= 0.6 is 0 Å². The molecule has 0 bridgehead atoms. The quantitative estimate of drug-likeness (QED) is 0.620. The van der Waals surface area contributed by atoms with Crippen molar-refractivity contribution in [1.29, 1.82) is 0 Å². The monoisotopic (exact) mass is 224 g/mol. The summed E-state index contributed by atoms with van der Waals surface area (Å²) in [6, 6.07) is -1.14. The summed E-state index contributed by atoms with van der Waals surface area (Å²) in [7, 11) is 0. The van der Waals surface area contributed by atoms with E-state index < -0.39 is 24.0 Å². The second-order valence-corrected chi connectivity index (χ2v) is 3.75. The van der Waals surface area contributed by atoms with Crippen molar-refractivity contribution >= 4 is 5.91 Å². The summed E-state index contributed by atoms with van der Waals surface area (Å²) in [6.45, 7) is 4.80. The van der Waals surface area contributed by atoms with Gasteiger partial charge in [0.05, 0.1) is 0 Å². The Kier molecular flexibility index (Phi) is 5.10. The molecule has 0 aromatic carbocycles. The van der Waals surface area contributed by atoms with E-state index in [-0.39, 0.29) is 12.5 Å². The first-order valence-corrected chi connectivity index (χ1v) is 4.84. The van der Waals surface area contributed by atoms with Crippen LogP contribution in [0.4, 0.5) is 8.78 Å². The number of aliphatic hydroxyl groups is 1. The van der Waals surface area contributed by atoms with Crippen LogP contribution in [0.5, 0.6) is 0 Å². The maximum Gasteiger partial charge on any atom is 0.351 e. The van der Waals surface area contributed by atoms with Gasteiger partial charge in [-0.3, -0.25) is 4.79 Å². The number of rotatable bonds is 5. The molecule has 15 heavy (non-hydrogen) atoms. The van der Waals surface area contributed by atoms with Crippen molar-refractivity contribution in [2.75, 3.05) is 6.54 Å². The molecule has 0 aliphatic carbocycles. The van der Waals surface area contributed by atoms with E-state index in [1.54, 1.807) is 13.8 Å². The largest absolute Gasteiger partial charge is 0.385 e. The lowest BCUT2D eigenvalue weighted by molar-refractivity contribution is -0.166. The van der Waals surface area contributed by atoms with E-state index in [9.17, 15) is 18.7 Å². The van der Waals surface area contributed by atoms with Crippen LogP contribution in [0.3, 0.4) is 0 Å². The number of carbonyl (C=O) groups is 1. The van der Waals surface area contributed by atoms with E-state index in [0.29, 0.717) is 0 Å². The van der Waals surface area contributed by atoms with Gasteiger partial charge < -0.3 is 16.2 Å². The predicted molar refractivity (Wildman–Crippen MR) is 52.5 cm³/mol. The molecule has 1 unspecified atom stereocenters. The van der Waals surface area contributed by atoms with Crippen LogP contribution in [0.25, 0.3) is 0 Å². The number of halogens is 2. The smallest absolute Gasteiger partial charge is 0.351 e. The van der Waals surface area contributed by atoms with Crippen molar-refractivity contribution < 1.29 is 18.7 Å². The van der Waals surface area contributed by atoms with Crippen LogP contribution in [0.1, 0.15) is 20.8 Å². The average Bonchev–Trinajstić information content (AvgIpc) is 2.15. The third-order valence-electron chi connectivity index (χ3n) is 2.15. The minimum atomic E-state index is -3.85. The number of amides is 1. The maximum atomic E-state index is 13.3. The number of aliphatic hydroxyl groups excluding tert-OH is 1. The zero-order chi connectivity index (χ0) is 12.2. The van der Waals surface area contributed by atoms with Gasteiger partial charge >= 0.3 is 5.92 Å². The molecule has 0 radical (unpaired) electrons. The lowest BCUT2D eigenvalue weighted by Crippen LogP contribution is -2.56. The Labute approximate surface area is 87.8 Å². The van der Waals surface area contributed by atoms with Gasteiger partial charge in [0.2, 0.25) is 0 Å². The number of hydrogen-bond donors (Lipinski definition) is 3. The van der Waals surface area contributed by atoms with E-state index in [0.717, 1.165) is 0 Å². The molecule has 0 aromatic rings. The van der Waals surface area contributed by atoms with Gasteiger partial charge in [-0.15, -0.1) is 0 Å². The molecule has 1 amide bonds. The van der Waals surface area contributed by atoms with Crippen molar-refractivity contribution in [2.24, 2.45) is 11.7 Å². The molecular formula is C9H18F2N2O2. The molecule has 2 atom stereocenters. The van der Waals surface area contributed by atoms with Crippen molar-refractivity contribution in [3.8, 4) is 0 Å². The summed E-state index contributed by atoms with van der Waals surface area (Å²) < 4.78 is 26.5. The van der Waals surface area contributed by atoms with Gasteiger partial charge in [0.15, 0.2) is 0 Å². The SMILES string of the molecule is CCNC(=O)C(F)(F)C(O)[C@@H](N)C(C)C. The number of carbonyl (C=O) groups excluding carboxylic acids is 1. The van der Waals surface area contributed by atoms with Gasteiger partial charge in [-0.25, -0.2) is 0 Å². The highest BCUT2D eigenvalue weighted by molar-refractivity contribution is 5.84. The molecule has 0 fully saturated rings. The van der Waals surface area contributed by atoms with E-state index in [1.165, 1.54) is 6.92 Å². The van der Waals surface area contributed by atoms with E-state index in [1.807, 2.05) is 5.32 Å². The fourth-order valence-electron chi connectivity index (χ4n) is 1.02. The molecule has 0 aromatic heterocycles. The van der Waals surface area contributed by atoms with Gasteiger partial charge in [-0.1, -0.05) is 13.8 Å². The van der Waals surface area contributed by atoms with Crippen molar-refractivity contribution in [2.45, 2.75) is 38.8 Å². The molecule has 0 aliphatic heterocycles. The van der Waals surface area contributed by atoms with E-state index >= 15 is 0 Å². The molecule has 0 saturated heterocycles. The molecule has 0 aliphatic rings. The topological polar surface area (TPSA) is 75.3 Å². The third-order valence-corrected chi connectivity index (χ3v) is 2.15. The molecule has 4 N–H and O–H groups in total. The Bertz CT molecular complexity index is 222. The number of hydrogen-bond acceptors (Lipinski definition) is 3. The molecule has 4 nitrogen and oxygen atoms in total. The summed E-state index contributed by atoms with van der Waals surface area (Å²) >= 11 is 0. The molecule has 0 saturated carbocycles. The Morgan fingerprint density at radius 2 is 2.00 bits per heavy atom. The Morgan fingerprint density at radius 3 is 2.33 bits per heavy atom. The number of nitrogens with two attached hydrogens (primary N) is 1. The minimum absolute atomic E-state index is 0.0814. The molecule has 6 heteroatoms. The molecule has 0 heterocycles. The van der Waals surface area contributed by atoms with Crippen molar-refractivity contribution in [1.82, 2.24) is 5.32 Å². The standard InChI is InChI=1S/C9H18F2N2O2/c1-4-13-8(15)9(10,11)7(14)6(12)5(2)3/h5-7,14H,4,12H2,1-3H3,(H,13,15)/t6-,7?/m0/s1. The van der Waals surface area contributed by atoms with Crippen molar-refractivity contribution in [3.05, 3.63) is 0 Å². The van der Waals surface area contributed by atoms with Gasteiger partial charge in [0.1, 0.15) is 6.10 Å². The first kappa shape index (κ1) is 14.2. The Hall–Kier alpha value is -0.750. The zero-order valence-corrected chi connectivity index (χ0v) is 9.13. The highest BCUT2D eigenvalue weighted by atomic mass is 19.3. The molecule has 90 valence electrons. The fourth-order valence-corrected chi connectivity index (χ4v) is 1.02. The number of nitrogens with one attached hydrogen (secondary N) is 1. The van der Waals surface area contributed by atoms with Crippen LogP contribution in [0.2, 0.25) is 0 Å². The normalized spacial score (nSPS) is 16.3. The lowest BCUT2D eigenvalue weighted by Gasteiger charge is -2.28. The highest BCUT2D eigenvalue weighted by Gasteiger charge is 2.49. The third kappa shape index (κ3) is 3.39. The first-order valence-electron chi connectivity index (χ1n) is 4.84. The van der Waals surface area contributed by atoms with Crippen LogP contribution in [-0.2, 0) is 4.79 Å². The predicted octanol–water partition coefficient (Wildman–Crippen LogP) is 0.102. The summed E-state index contributed by atoms with van der Waals surface area (Å²) in [5, 5.41) is 11.2. The lowest BCUT2D eigenvalue weighted by atomic mass is 9.95. The van der Waals surface area contributed by atoms with Gasteiger partial charge in [-0.05, 0) is 12.8 Å². The summed E-state index contributed by atoms with van der Waals surface area (Å²) in [5.74, 6) is -5.67. The Morgan fingerprint density at radius 1 is 1.53 bits per heavy atom. The zero-order valence-electron chi connectivity index (χ0n) is 9.13. The Balaban J connectivity index is 4.63. The summed E-state index contributed by atoms with van der Waals surface area (Å²) in [5.41, 5.74) is 5.37. The highest BCUT2D eigenvalue weighted by Crippen LogP contribution is 2.23. The number of alkyl halides is 2. The molecular weight excluding hydrogens is 206 g/mol. The first-order chi connectivity index (χ1) is 6.75. The van der Waals surface area contributed by atoms with Crippen LogP contribution in [-0.4, -0.2) is 35.6 Å². The second-order valence-electron chi connectivity index (χ2n) is 3.75. The fraction of sp³-hybridized carbons (Fsp3) is 0.889. The molecule has 0 rings (SSSR count). The van der Waals surface area contributed by atoms with Gasteiger partial charge in [0.25, 0.3) is 5.91 Å².